The molecule has 7 heteroatoms. The molecule has 1 N–H and O–H groups in total. The molecule has 0 bridgehead atoms. The number of aliphatic hydroxyl groups excluding tert-OH is 1. The third-order valence-electron chi connectivity index (χ3n) is 5.41. The number of aromatic nitrogens is 3. The molecule has 2 aliphatic rings. The van der Waals surface area contributed by atoms with Crippen LogP contribution in [0.3, 0.4) is 0 Å². The Kier molecular flexibility index (Phi) is 3.40. The summed E-state index contributed by atoms with van der Waals surface area (Å²) < 4.78 is 7.26. The maximum absolute atomic E-state index is 13.2. The van der Waals surface area contributed by atoms with Crippen molar-refractivity contribution in [3.63, 3.8) is 0 Å². The first kappa shape index (κ1) is 15.5. The van der Waals surface area contributed by atoms with Gasteiger partial charge in [0.1, 0.15) is 5.56 Å². The molecule has 2 fully saturated rings. The molecule has 0 aliphatic carbocycles. The van der Waals surface area contributed by atoms with E-state index in [1.54, 1.807) is 4.52 Å². The second kappa shape index (κ2) is 5.26. The summed E-state index contributed by atoms with van der Waals surface area (Å²) in [6, 6.07) is 1.95. The van der Waals surface area contributed by atoms with Crippen LogP contribution in [0.1, 0.15) is 27.4 Å². The van der Waals surface area contributed by atoms with Crippen LogP contribution < -0.4 is 0 Å². The first-order valence-electron chi connectivity index (χ1n) is 8.26. The highest BCUT2D eigenvalue weighted by Gasteiger charge is 2.51. The molecule has 4 heterocycles. The fourth-order valence-electron chi connectivity index (χ4n) is 4.05. The van der Waals surface area contributed by atoms with E-state index >= 15 is 0 Å². The molecule has 2 saturated heterocycles. The Morgan fingerprint density at radius 1 is 1.46 bits per heavy atom. The van der Waals surface area contributed by atoms with Gasteiger partial charge in [-0.3, -0.25) is 4.79 Å². The first-order chi connectivity index (χ1) is 11.4. The maximum atomic E-state index is 13.2. The van der Waals surface area contributed by atoms with E-state index in [2.05, 4.69) is 10.1 Å². The van der Waals surface area contributed by atoms with E-state index in [1.165, 1.54) is 0 Å². The number of fused-ring (bicyclic) bond motifs is 2. The second-order valence-electron chi connectivity index (χ2n) is 7.15. The van der Waals surface area contributed by atoms with Gasteiger partial charge in [0.15, 0.2) is 5.65 Å². The zero-order valence-electron chi connectivity index (χ0n) is 14.2. The van der Waals surface area contributed by atoms with Gasteiger partial charge in [-0.1, -0.05) is 0 Å². The van der Waals surface area contributed by atoms with Crippen LogP contribution in [-0.2, 0) is 4.74 Å². The molecule has 2 aromatic heterocycles. The van der Waals surface area contributed by atoms with E-state index in [0.29, 0.717) is 43.2 Å². The summed E-state index contributed by atoms with van der Waals surface area (Å²) >= 11 is 0. The van der Waals surface area contributed by atoms with E-state index in [1.807, 2.05) is 31.7 Å². The van der Waals surface area contributed by atoms with E-state index in [0.717, 1.165) is 11.4 Å². The molecule has 2 aromatic rings. The molecule has 24 heavy (non-hydrogen) atoms. The zero-order chi connectivity index (χ0) is 17.1. The number of aryl methyl sites for hydroxylation is 3. The van der Waals surface area contributed by atoms with Crippen molar-refractivity contribution in [2.45, 2.75) is 20.8 Å². The molecule has 0 unspecified atom stereocenters. The summed E-state index contributed by atoms with van der Waals surface area (Å²) in [5.74, 6) is 0.146. The van der Waals surface area contributed by atoms with Crippen LogP contribution in [0.15, 0.2) is 6.07 Å². The summed E-state index contributed by atoms with van der Waals surface area (Å²) in [7, 11) is 0. The fourth-order valence-corrected chi connectivity index (χ4v) is 4.05. The van der Waals surface area contributed by atoms with Gasteiger partial charge >= 0.3 is 0 Å². The Balaban J connectivity index is 1.74. The predicted octanol–water partition coefficient (Wildman–Crippen LogP) is 0.735. The number of aliphatic hydroxyl groups is 1. The maximum Gasteiger partial charge on any atom is 0.259 e. The number of likely N-dealkylation sites (tertiary alicyclic amines) is 1. The molecule has 2 atom stereocenters. The summed E-state index contributed by atoms with van der Waals surface area (Å²) in [6.45, 7) is 8.03. The van der Waals surface area contributed by atoms with Gasteiger partial charge in [0.25, 0.3) is 5.91 Å². The van der Waals surface area contributed by atoms with Crippen molar-refractivity contribution < 1.29 is 14.6 Å². The van der Waals surface area contributed by atoms with E-state index < -0.39 is 0 Å². The number of carbonyl (C=O) groups is 1. The van der Waals surface area contributed by atoms with Crippen molar-refractivity contribution in [1.29, 1.82) is 0 Å². The van der Waals surface area contributed by atoms with Gasteiger partial charge in [-0.15, -0.1) is 0 Å². The summed E-state index contributed by atoms with van der Waals surface area (Å²) in [6.07, 6.45) is 0. The average Bonchev–Trinajstić information content (AvgIpc) is 3.16. The molecular weight excluding hydrogens is 308 g/mol. The van der Waals surface area contributed by atoms with Gasteiger partial charge in [0.2, 0.25) is 0 Å². The number of hydrogen-bond donors (Lipinski definition) is 1. The first-order valence-corrected chi connectivity index (χ1v) is 8.26. The molecule has 7 nitrogen and oxygen atoms in total. The molecule has 4 rings (SSSR count). The largest absolute Gasteiger partial charge is 0.396 e. The second-order valence-corrected chi connectivity index (χ2v) is 7.15. The van der Waals surface area contributed by atoms with Gasteiger partial charge < -0.3 is 14.7 Å². The molecule has 0 aromatic carbocycles. The SMILES string of the molecule is Cc1cc(C)n2nc(C)c(C(=O)N3C[C@H]4COC[C@@]4(CO)C3)c2n1. The monoisotopic (exact) mass is 330 g/mol. The normalized spacial score (nSPS) is 26.3. The van der Waals surface area contributed by atoms with Crippen molar-refractivity contribution in [2.75, 3.05) is 32.9 Å². The van der Waals surface area contributed by atoms with Crippen LogP contribution in [-0.4, -0.2) is 63.4 Å². The minimum atomic E-state index is -0.314. The van der Waals surface area contributed by atoms with E-state index in [9.17, 15) is 9.90 Å². The Morgan fingerprint density at radius 3 is 2.96 bits per heavy atom. The Hall–Kier alpha value is -1.99. The van der Waals surface area contributed by atoms with E-state index in [4.69, 9.17) is 4.74 Å². The smallest absolute Gasteiger partial charge is 0.259 e. The minimum absolute atomic E-state index is 0.0473. The van der Waals surface area contributed by atoms with Crippen molar-refractivity contribution in [3.8, 4) is 0 Å². The lowest BCUT2D eigenvalue weighted by molar-refractivity contribution is 0.0631. The van der Waals surface area contributed by atoms with Crippen molar-refractivity contribution in [2.24, 2.45) is 11.3 Å². The molecular formula is C17H22N4O3. The summed E-state index contributed by atoms with van der Waals surface area (Å²) in [5, 5.41) is 14.3. The topological polar surface area (TPSA) is 80.0 Å². The highest BCUT2D eigenvalue weighted by molar-refractivity contribution is 6.01. The van der Waals surface area contributed by atoms with Gasteiger partial charge in [-0.2, -0.15) is 5.10 Å². The van der Waals surface area contributed by atoms with Crippen molar-refractivity contribution in [1.82, 2.24) is 19.5 Å². The molecule has 128 valence electrons. The van der Waals surface area contributed by atoms with Crippen LogP contribution in [0.2, 0.25) is 0 Å². The lowest BCUT2D eigenvalue weighted by Gasteiger charge is -2.24. The lowest BCUT2D eigenvalue weighted by atomic mass is 9.82. The standard InChI is InChI=1S/C17H22N4O3/c1-10-4-11(2)21-15(18-10)14(12(3)19-21)16(23)20-5-13-6-24-9-17(13,7-20)8-22/h4,13,22H,5-9H2,1-3H3/t13-,17-/m0/s1. The quantitative estimate of drug-likeness (QED) is 0.878. The highest BCUT2D eigenvalue weighted by Crippen LogP contribution is 2.41. The molecule has 0 saturated carbocycles. The van der Waals surface area contributed by atoms with Gasteiger partial charge in [0, 0.05) is 35.8 Å². The van der Waals surface area contributed by atoms with Crippen LogP contribution in [0.4, 0.5) is 0 Å². The fraction of sp³-hybridized carbons (Fsp3) is 0.588. The molecule has 1 amide bonds. The number of rotatable bonds is 2. The number of ether oxygens (including phenoxy) is 1. The van der Waals surface area contributed by atoms with Gasteiger partial charge in [0.05, 0.1) is 25.5 Å². The summed E-state index contributed by atoms with van der Waals surface area (Å²) in [4.78, 5) is 19.5. The van der Waals surface area contributed by atoms with Crippen LogP contribution in [0, 0.1) is 32.1 Å². The number of amides is 1. The molecule has 2 aliphatic heterocycles. The van der Waals surface area contributed by atoms with Gasteiger partial charge in [-0.05, 0) is 26.8 Å². The number of hydrogen-bond acceptors (Lipinski definition) is 5. The zero-order valence-corrected chi connectivity index (χ0v) is 14.2. The van der Waals surface area contributed by atoms with Crippen LogP contribution in [0.5, 0.6) is 0 Å². The molecule has 0 radical (unpaired) electrons. The summed E-state index contributed by atoms with van der Waals surface area (Å²) in [5.41, 5.74) is 3.38. The molecule has 0 spiro atoms. The average molecular weight is 330 g/mol. The Labute approximate surface area is 140 Å². The minimum Gasteiger partial charge on any atom is -0.396 e. The van der Waals surface area contributed by atoms with Crippen molar-refractivity contribution >= 4 is 11.6 Å². The Morgan fingerprint density at radius 2 is 2.25 bits per heavy atom. The highest BCUT2D eigenvalue weighted by atomic mass is 16.5. The number of carbonyl (C=O) groups excluding carboxylic acids is 1. The Bertz CT molecular complexity index is 831. The third-order valence-corrected chi connectivity index (χ3v) is 5.41. The van der Waals surface area contributed by atoms with Crippen molar-refractivity contribution in [3.05, 3.63) is 28.7 Å². The predicted molar refractivity (Wildman–Crippen MR) is 86.9 cm³/mol. The van der Waals surface area contributed by atoms with Gasteiger partial charge in [-0.25, -0.2) is 9.50 Å². The van der Waals surface area contributed by atoms with Crippen LogP contribution >= 0.6 is 0 Å². The van der Waals surface area contributed by atoms with E-state index in [-0.39, 0.29) is 23.8 Å². The third kappa shape index (κ3) is 2.08. The lowest BCUT2D eigenvalue weighted by Crippen LogP contribution is -2.36. The number of nitrogens with zero attached hydrogens (tertiary/aromatic N) is 4. The van der Waals surface area contributed by atoms with Crippen LogP contribution in [0.25, 0.3) is 5.65 Å².